The molecule has 2 fully saturated rings. The van der Waals surface area contributed by atoms with E-state index in [1.807, 2.05) is 0 Å². The summed E-state index contributed by atoms with van der Waals surface area (Å²) in [6.07, 6.45) is -5.02. The van der Waals surface area contributed by atoms with Gasteiger partial charge in [-0.25, -0.2) is 4.79 Å². The highest BCUT2D eigenvalue weighted by Crippen LogP contribution is 2.42. The number of rotatable bonds is 10. The highest BCUT2D eigenvalue weighted by Gasteiger charge is 2.48. The normalized spacial score (nSPS) is 23.7. The number of fused-ring (bicyclic) bond motifs is 1. The lowest BCUT2D eigenvalue weighted by Crippen LogP contribution is -2.61. The first-order chi connectivity index (χ1) is 22.2. The number of thiophene rings is 1. The molecule has 1 aromatic heterocycles. The highest BCUT2D eigenvalue weighted by atomic mass is 32.1. The van der Waals surface area contributed by atoms with Crippen LogP contribution in [0.4, 0.5) is 0 Å². The number of carbonyl (C=O) groups excluding carboxylic acids is 1. The van der Waals surface area contributed by atoms with Crippen molar-refractivity contribution in [2.24, 2.45) is 0 Å². The molecule has 2 aliphatic heterocycles. The molecule has 6 rings (SSSR count). The van der Waals surface area contributed by atoms with E-state index in [2.05, 4.69) is 4.90 Å². The summed E-state index contributed by atoms with van der Waals surface area (Å²) >= 11 is 1.32. The van der Waals surface area contributed by atoms with Gasteiger partial charge in [0.25, 0.3) is 0 Å². The monoisotopic (exact) mass is 649 g/mol. The zero-order valence-corrected chi connectivity index (χ0v) is 25.6. The molecular formula is C34H35NO10S. The number of aromatic hydroxyl groups is 1. The van der Waals surface area contributed by atoms with E-state index in [-0.39, 0.29) is 17.3 Å². The molecule has 11 nitrogen and oxygen atoms in total. The van der Waals surface area contributed by atoms with E-state index in [1.54, 1.807) is 66.7 Å². The highest BCUT2D eigenvalue weighted by molar-refractivity contribution is 7.22. The molecule has 46 heavy (non-hydrogen) atoms. The number of nitrogens with zero attached hydrogens (tertiary/aromatic N) is 1. The van der Waals surface area contributed by atoms with Crippen LogP contribution in [0, 0.1) is 0 Å². The van der Waals surface area contributed by atoms with Crippen molar-refractivity contribution < 1.29 is 49.3 Å². The van der Waals surface area contributed by atoms with Gasteiger partial charge in [-0.2, -0.15) is 0 Å². The van der Waals surface area contributed by atoms with Crippen molar-refractivity contribution >= 4 is 33.2 Å². The number of ether oxygens (including phenoxy) is 3. The van der Waals surface area contributed by atoms with Gasteiger partial charge in [0.2, 0.25) is 6.29 Å². The summed E-state index contributed by atoms with van der Waals surface area (Å²) in [5, 5.41) is 50.4. The zero-order valence-electron chi connectivity index (χ0n) is 24.8. The maximum Gasteiger partial charge on any atom is 0.335 e. The van der Waals surface area contributed by atoms with Crippen molar-refractivity contribution in [3.8, 4) is 27.7 Å². The fourth-order valence-corrected chi connectivity index (χ4v) is 7.03. The number of carboxylic acids is 1. The van der Waals surface area contributed by atoms with E-state index in [4.69, 9.17) is 14.2 Å². The minimum absolute atomic E-state index is 0.0855. The maximum absolute atomic E-state index is 14.0. The Morgan fingerprint density at radius 1 is 0.870 bits per heavy atom. The standard InChI is InChI=1S/C34H35NO10S/c36-21-8-4-20(5-9-21)32-26(27(37)19-6-10-22(11-7-19)43-17-16-35-14-2-1-3-15-35)24-13-12-23(18-25(24)46-32)44-34-30(40)28(38)29(39)31(45-34)33(41)42/h4-13,18,28-31,34,36,38-40H,1-3,14-17H2,(H,41,42)/t28-,29-,30+,31?,34+/m0/s1. The molecule has 2 saturated heterocycles. The first kappa shape index (κ1) is 31.9. The van der Waals surface area contributed by atoms with Gasteiger partial charge in [-0.15, -0.1) is 11.3 Å². The lowest BCUT2D eigenvalue weighted by Gasteiger charge is -2.38. The number of aliphatic carboxylic acids is 1. The number of phenols is 1. The molecule has 4 aromatic rings. The van der Waals surface area contributed by atoms with Crippen LogP contribution in [0.1, 0.15) is 35.2 Å². The molecule has 0 bridgehead atoms. The molecule has 5 atom stereocenters. The number of benzene rings is 3. The van der Waals surface area contributed by atoms with Gasteiger partial charge in [-0.3, -0.25) is 9.69 Å². The molecule has 1 unspecified atom stereocenters. The van der Waals surface area contributed by atoms with E-state index in [9.17, 15) is 35.1 Å². The smallest absolute Gasteiger partial charge is 0.335 e. The Balaban J connectivity index is 1.26. The van der Waals surface area contributed by atoms with Gasteiger partial charge in [0, 0.05) is 32.6 Å². The quantitative estimate of drug-likeness (QED) is 0.159. The summed E-state index contributed by atoms with van der Waals surface area (Å²) in [6, 6.07) is 18.4. The van der Waals surface area contributed by atoms with Crippen LogP contribution in [0.2, 0.25) is 0 Å². The molecule has 3 heterocycles. The van der Waals surface area contributed by atoms with Crippen molar-refractivity contribution in [3.63, 3.8) is 0 Å². The van der Waals surface area contributed by atoms with Gasteiger partial charge in [0.15, 0.2) is 11.9 Å². The molecular weight excluding hydrogens is 614 g/mol. The molecule has 5 N–H and O–H groups in total. The van der Waals surface area contributed by atoms with E-state index in [0.29, 0.717) is 38.4 Å². The third kappa shape index (κ3) is 6.73. The van der Waals surface area contributed by atoms with E-state index < -0.39 is 36.7 Å². The third-order valence-corrected chi connectivity index (χ3v) is 9.53. The second-order valence-corrected chi connectivity index (χ2v) is 12.5. The van der Waals surface area contributed by atoms with Crippen LogP contribution in [0.3, 0.4) is 0 Å². The minimum atomic E-state index is -1.84. The first-order valence-corrected chi connectivity index (χ1v) is 16.0. The summed E-state index contributed by atoms with van der Waals surface area (Å²) < 4.78 is 17.6. The Bertz CT molecular complexity index is 1680. The van der Waals surface area contributed by atoms with Crippen LogP contribution in [0.15, 0.2) is 66.7 Å². The van der Waals surface area contributed by atoms with Crippen molar-refractivity contribution in [1.82, 2.24) is 4.90 Å². The molecule has 0 amide bonds. The largest absolute Gasteiger partial charge is 0.508 e. The van der Waals surface area contributed by atoms with Gasteiger partial charge in [0.1, 0.15) is 42.2 Å². The average Bonchev–Trinajstić information content (AvgIpc) is 3.44. The van der Waals surface area contributed by atoms with Crippen LogP contribution in [0.25, 0.3) is 20.5 Å². The predicted molar refractivity (Wildman–Crippen MR) is 170 cm³/mol. The number of ketones is 1. The van der Waals surface area contributed by atoms with Gasteiger partial charge in [-0.1, -0.05) is 6.42 Å². The SMILES string of the molecule is O=C(c1ccc(OCCN2CCCCC2)cc1)c1c(-c2ccc(O)cc2)sc2cc(O[C@@H]3OC(C(=O)O)[C@@H](O)[C@H](O)[C@H]3O)ccc12. The Morgan fingerprint density at radius 2 is 1.57 bits per heavy atom. The number of phenolic OH excluding ortho intramolecular Hbond substituents is 1. The van der Waals surface area contributed by atoms with Crippen LogP contribution < -0.4 is 9.47 Å². The van der Waals surface area contributed by atoms with Crippen LogP contribution in [0.5, 0.6) is 17.2 Å². The Labute approximate surface area is 268 Å². The lowest BCUT2D eigenvalue weighted by atomic mass is 9.97. The van der Waals surface area contributed by atoms with Gasteiger partial charge in [-0.05, 0) is 98.2 Å². The van der Waals surface area contributed by atoms with Crippen LogP contribution >= 0.6 is 11.3 Å². The van der Waals surface area contributed by atoms with Crippen molar-refractivity contribution in [2.45, 2.75) is 50.0 Å². The molecule has 0 saturated carbocycles. The summed E-state index contributed by atoms with van der Waals surface area (Å²) in [6.45, 7) is 3.61. The zero-order chi connectivity index (χ0) is 32.4. The summed E-state index contributed by atoms with van der Waals surface area (Å²) in [7, 11) is 0. The molecule has 0 aliphatic carbocycles. The number of aliphatic hydroxyl groups excluding tert-OH is 3. The number of piperidine rings is 1. The minimum Gasteiger partial charge on any atom is -0.508 e. The second-order valence-electron chi connectivity index (χ2n) is 11.5. The molecule has 3 aromatic carbocycles. The predicted octanol–water partition coefficient (Wildman–Crippen LogP) is 3.64. The van der Waals surface area contributed by atoms with Crippen molar-refractivity contribution in [1.29, 1.82) is 0 Å². The van der Waals surface area contributed by atoms with Gasteiger partial charge >= 0.3 is 5.97 Å². The van der Waals surface area contributed by atoms with E-state index in [0.717, 1.165) is 25.2 Å². The van der Waals surface area contributed by atoms with Gasteiger partial charge < -0.3 is 39.7 Å². The number of carbonyl (C=O) groups is 2. The molecule has 12 heteroatoms. The Morgan fingerprint density at radius 3 is 2.26 bits per heavy atom. The number of likely N-dealkylation sites (tertiary alicyclic amines) is 1. The summed E-state index contributed by atoms with van der Waals surface area (Å²) in [4.78, 5) is 28.6. The van der Waals surface area contributed by atoms with Crippen molar-refractivity contribution in [2.75, 3.05) is 26.2 Å². The summed E-state index contributed by atoms with van der Waals surface area (Å²) in [5.74, 6) is -0.774. The lowest BCUT2D eigenvalue weighted by molar-refractivity contribution is -0.271. The third-order valence-electron chi connectivity index (χ3n) is 8.32. The van der Waals surface area contributed by atoms with E-state index >= 15 is 0 Å². The topological polar surface area (TPSA) is 166 Å². The maximum atomic E-state index is 14.0. The van der Waals surface area contributed by atoms with E-state index in [1.165, 1.54) is 30.6 Å². The van der Waals surface area contributed by atoms with Crippen LogP contribution in [-0.2, 0) is 9.53 Å². The Kier molecular flexibility index (Phi) is 9.54. The first-order valence-electron chi connectivity index (χ1n) is 15.1. The number of aliphatic hydroxyl groups is 3. The molecule has 0 radical (unpaired) electrons. The van der Waals surface area contributed by atoms with Crippen LogP contribution in [-0.4, -0.2) is 99.1 Å². The number of hydrogen-bond acceptors (Lipinski definition) is 11. The van der Waals surface area contributed by atoms with Crippen molar-refractivity contribution in [3.05, 3.63) is 77.9 Å². The average molecular weight is 650 g/mol. The Hall–Kier alpha value is -4.04. The molecule has 242 valence electrons. The summed E-state index contributed by atoms with van der Waals surface area (Å²) in [5.41, 5.74) is 1.64. The van der Waals surface area contributed by atoms with Gasteiger partial charge in [0.05, 0.1) is 0 Å². The number of hydrogen-bond donors (Lipinski definition) is 5. The fourth-order valence-electron chi connectivity index (χ4n) is 5.80. The fraction of sp³-hybridized carbons (Fsp3) is 0.353. The number of carboxylic acid groups (broad SMARTS) is 1. The molecule has 2 aliphatic rings. The second kappa shape index (κ2) is 13.8. The molecule has 0 spiro atoms.